The van der Waals surface area contributed by atoms with Crippen LogP contribution in [-0.2, 0) is 28.6 Å². The smallest absolute Gasteiger partial charge is 0.306 e. The summed E-state index contributed by atoms with van der Waals surface area (Å²) in [6.45, 7) is 6.54. The van der Waals surface area contributed by atoms with Gasteiger partial charge in [-0.25, -0.2) is 0 Å². The molecule has 0 heterocycles. The SMILES string of the molecule is CC/C=C\C/C=C\C/C=C\C/C=C\CCCCCCCCC(=O)OC(COC(=O)CCCCCCCCCCC)COC(=O)CCCCCCCCCCCCCCCCCCCCCCCCCC. The summed E-state index contributed by atoms with van der Waals surface area (Å²) in [6.07, 6.45) is 72.7. The summed E-state index contributed by atoms with van der Waals surface area (Å²) in [5.41, 5.74) is 0. The van der Waals surface area contributed by atoms with E-state index in [-0.39, 0.29) is 31.1 Å². The largest absolute Gasteiger partial charge is 0.462 e. The van der Waals surface area contributed by atoms with Gasteiger partial charge in [0.1, 0.15) is 13.2 Å². The Hall–Kier alpha value is -2.63. The van der Waals surface area contributed by atoms with E-state index in [4.69, 9.17) is 14.2 Å². The van der Waals surface area contributed by atoms with Crippen LogP contribution >= 0.6 is 0 Å². The molecule has 0 N–H and O–H groups in total. The van der Waals surface area contributed by atoms with Crippen molar-refractivity contribution in [3.8, 4) is 0 Å². The van der Waals surface area contributed by atoms with E-state index in [9.17, 15) is 14.4 Å². The van der Waals surface area contributed by atoms with Gasteiger partial charge in [0.15, 0.2) is 6.10 Å². The fourth-order valence-electron chi connectivity index (χ4n) is 9.02. The van der Waals surface area contributed by atoms with Gasteiger partial charge in [-0.1, -0.05) is 294 Å². The van der Waals surface area contributed by atoms with Crippen LogP contribution in [0.25, 0.3) is 0 Å². The standard InChI is InChI=1S/C64H116O6/c1-4-7-10-13-16-19-21-23-25-27-29-30-31-32-33-35-36-38-40-42-45-48-51-54-57-63(66)69-60-61(59-68-62(65)56-53-50-47-44-18-15-12-9-6-3)70-64(67)58-55-52-49-46-43-41-39-37-34-28-26-24-22-20-17-14-11-8-5-2/h8,11,17,20,24,26,34,37,61H,4-7,9-10,12-16,18-19,21-23,25,27-33,35-36,38-60H2,1-3H3/b11-8-,20-17-,26-24-,37-34-. The minimum absolute atomic E-state index is 0.0748. The number of rotatable bonds is 56. The summed E-state index contributed by atoms with van der Waals surface area (Å²) in [5, 5.41) is 0. The number of ether oxygens (including phenoxy) is 3. The zero-order chi connectivity index (χ0) is 50.7. The molecule has 0 saturated heterocycles. The predicted octanol–water partition coefficient (Wildman–Crippen LogP) is 20.6. The van der Waals surface area contributed by atoms with Crippen molar-refractivity contribution in [2.24, 2.45) is 0 Å². The molecule has 0 bridgehead atoms. The van der Waals surface area contributed by atoms with Crippen LogP contribution in [0.2, 0.25) is 0 Å². The molecule has 0 rings (SSSR count). The average Bonchev–Trinajstić information content (AvgIpc) is 3.36. The zero-order valence-electron chi connectivity index (χ0n) is 46.8. The topological polar surface area (TPSA) is 78.9 Å². The minimum Gasteiger partial charge on any atom is -0.462 e. The first-order valence-corrected chi connectivity index (χ1v) is 30.6. The lowest BCUT2D eigenvalue weighted by molar-refractivity contribution is -0.167. The van der Waals surface area contributed by atoms with E-state index in [1.807, 2.05) is 0 Å². The van der Waals surface area contributed by atoms with E-state index in [0.29, 0.717) is 19.3 Å². The molecular weight excluding hydrogens is 865 g/mol. The van der Waals surface area contributed by atoms with E-state index in [1.54, 1.807) is 0 Å². The quantitative estimate of drug-likeness (QED) is 0.0261. The summed E-state index contributed by atoms with van der Waals surface area (Å²) in [7, 11) is 0. The van der Waals surface area contributed by atoms with Crippen molar-refractivity contribution in [3.63, 3.8) is 0 Å². The van der Waals surface area contributed by atoms with Crippen LogP contribution < -0.4 is 0 Å². The lowest BCUT2D eigenvalue weighted by Gasteiger charge is -2.18. The molecule has 0 aliphatic rings. The summed E-state index contributed by atoms with van der Waals surface area (Å²) in [4.78, 5) is 38.1. The first-order chi connectivity index (χ1) is 34.5. The van der Waals surface area contributed by atoms with Gasteiger partial charge in [-0.2, -0.15) is 0 Å². The van der Waals surface area contributed by atoms with Gasteiger partial charge in [-0.05, 0) is 57.8 Å². The Labute approximate surface area is 435 Å². The molecule has 0 aromatic carbocycles. The van der Waals surface area contributed by atoms with E-state index >= 15 is 0 Å². The van der Waals surface area contributed by atoms with Gasteiger partial charge in [0.25, 0.3) is 0 Å². The van der Waals surface area contributed by atoms with Gasteiger partial charge < -0.3 is 14.2 Å². The van der Waals surface area contributed by atoms with Crippen LogP contribution in [0.4, 0.5) is 0 Å². The van der Waals surface area contributed by atoms with E-state index < -0.39 is 6.10 Å². The molecule has 0 radical (unpaired) electrons. The van der Waals surface area contributed by atoms with Crippen LogP contribution in [0.1, 0.15) is 323 Å². The van der Waals surface area contributed by atoms with Crippen molar-refractivity contribution in [2.75, 3.05) is 13.2 Å². The third-order valence-corrected chi connectivity index (χ3v) is 13.6. The molecule has 0 aromatic rings. The minimum atomic E-state index is -0.777. The first kappa shape index (κ1) is 67.4. The van der Waals surface area contributed by atoms with Crippen molar-refractivity contribution in [2.45, 2.75) is 329 Å². The molecule has 1 atom stereocenters. The molecule has 0 amide bonds. The molecule has 6 nitrogen and oxygen atoms in total. The fraction of sp³-hybridized carbons (Fsp3) is 0.828. The summed E-state index contributed by atoms with van der Waals surface area (Å²) in [5.74, 6) is -0.874. The third-order valence-electron chi connectivity index (χ3n) is 13.6. The maximum absolute atomic E-state index is 12.8. The Balaban J connectivity index is 4.20. The molecule has 0 fully saturated rings. The van der Waals surface area contributed by atoms with Crippen molar-refractivity contribution in [1.29, 1.82) is 0 Å². The zero-order valence-corrected chi connectivity index (χ0v) is 46.8. The second-order valence-electron chi connectivity index (χ2n) is 20.6. The van der Waals surface area contributed by atoms with Gasteiger partial charge in [0, 0.05) is 19.3 Å². The Morgan fingerprint density at radius 2 is 0.557 bits per heavy atom. The number of carbonyl (C=O) groups excluding carboxylic acids is 3. The Bertz CT molecular complexity index is 1220. The van der Waals surface area contributed by atoms with Crippen LogP contribution in [0, 0.1) is 0 Å². The van der Waals surface area contributed by atoms with Crippen molar-refractivity contribution in [1.82, 2.24) is 0 Å². The summed E-state index contributed by atoms with van der Waals surface area (Å²) in [6, 6.07) is 0. The molecule has 1 unspecified atom stereocenters. The molecule has 0 spiro atoms. The molecule has 0 saturated carbocycles. The Morgan fingerprint density at radius 3 is 0.871 bits per heavy atom. The van der Waals surface area contributed by atoms with E-state index in [2.05, 4.69) is 69.4 Å². The summed E-state index contributed by atoms with van der Waals surface area (Å²) < 4.78 is 16.9. The molecule has 0 aromatic heterocycles. The molecule has 70 heavy (non-hydrogen) atoms. The normalized spacial score (nSPS) is 12.3. The number of esters is 3. The Morgan fingerprint density at radius 1 is 0.300 bits per heavy atom. The highest BCUT2D eigenvalue weighted by Crippen LogP contribution is 2.17. The monoisotopic (exact) mass is 981 g/mol. The van der Waals surface area contributed by atoms with Crippen LogP contribution in [-0.4, -0.2) is 37.2 Å². The number of unbranched alkanes of at least 4 members (excludes halogenated alkanes) is 37. The van der Waals surface area contributed by atoms with Gasteiger partial charge >= 0.3 is 17.9 Å². The van der Waals surface area contributed by atoms with Crippen molar-refractivity contribution in [3.05, 3.63) is 48.6 Å². The number of hydrogen-bond donors (Lipinski definition) is 0. The molecule has 6 heteroatoms. The number of carbonyl (C=O) groups is 3. The Kier molecular flexibility index (Phi) is 56.7. The molecular formula is C64H116O6. The maximum atomic E-state index is 12.8. The number of allylic oxidation sites excluding steroid dienone is 8. The third kappa shape index (κ3) is 56.3. The predicted molar refractivity (Wildman–Crippen MR) is 302 cm³/mol. The van der Waals surface area contributed by atoms with Crippen LogP contribution in [0.15, 0.2) is 48.6 Å². The molecule has 0 aliphatic heterocycles. The second-order valence-corrected chi connectivity index (χ2v) is 20.6. The van der Waals surface area contributed by atoms with E-state index in [0.717, 1.165) is 96.3 Å². The lowest BCUT2D eigenvalue weighted by Crippen LogP contribution is -2.30. The summed E-state index contributed by atoms with van der Waals surface area (Å²) >= 11 is 0. The van der Waals surface area contributed by atoms with Gasteiger partial charge in [0.2, 0.25) is 0 Å². The van der Waals surface area contributed by atoms with Crippen LogP contribution in [0.5, 0.6) is 0 Å². The van der Waals surface area contributed by atoms with Crippen LogP contribution in [0.3, 0.4) is 0 Å². The van der Waals surface area contributed by atoms with Gasteiger partial charge in [0.05, 0.1) is 0 Å². The van der Waals surface area contributed by atoms with E-state index in [1.165, 1.54) is 186 Å². The lowest BCUT2D eigenvalue weighted by atomic mass is 10.0. The van der Waals surface area contributed by atoms with Crippen molar-refractivity contribution >= 4 is 17.9 Å². The molecule has 408 valence electrons. The average molecular weight is 982 g/mol. The first-order valence-electron chi connectivity index (χ1n) is 30.6. The van der Waals surface area contributed by atoms with Gasteiger partial charge in [-0.3, -0.25) is 14.4 Å². The fourth-order valence-corrected chi connectivity index (χ4v) is 9.02. The molecule has 0 aliphatic carbocycles. The van der Waals surface area contributed by atoms with Crippen molar-refractivity contribution < 1.29 is 28.6 Å². The van der Waals surface area contributed by atoms with Gasteiger partial charge in [-0.15, -0.1) is 0 Å². The highest BCUT2D eigenvalue weighted by atomic mass is 16.6. The highest BCUT2D eigenvalue weighted by molar-refractivity contribution is 5.71. The number of hydrogen-bond acceptors (Lipinski definition) is 6. The maximum Gasteiger partial charge on any atom is 0.306 e. The second kappa shape index (κ2) is 58.9. The highest BCUT2D eigenvalue weighted by Gasteiger charge is 2.19.